The molecule has 1 atom stereocenters. The summed E-state index contributed by atoms with van der Waals surface area (Å²) in [6.45, 7) is 9.21. The molecule has 1 amide bonds. The average Bonchev–Trinajstić information content (AvgIpc) is 2.77. The lowest BCUT2D eigenvalue weighted by Crippen LogP contribution is -2.59. The maximum absolute atomic E-state index is 12.7. The second kappa shape index (κ2) is 15.5. The predicted octanol–water partition coefficient (Wildman–Crippen LogP) is 4.23. The number of hydrogen-bond donors (Lipinski definition) is 1. The Balaban J connectivity index is 5.75. The van der Waals surface area contributed by atoms with Crippen molar-refractivity contribution in [2.45, 2.75) is 52.2 Å². The molecule has 0 saturated heterocycles. The first-order valence-electron chi connectivity index (χ1n) is 10.9. The van der Waals surface area contributed by atoms with Gasteiger partial charge in [-0.15, -0.1) is 0 Å². The van der Waals surface area contributed by atoms with E-state index in [1.165, 1.54) is 28.4 Å². The number of alkyl carbamates (subject to hydrolysis) is 1. The van der Waals surface area contributed by atoms with Gasteiger partial charge in [-0.25, -0.2) is 4.79 Å². The summed E-state index contributed by atoms with van der Waals surface area (Å²) in [6.07, 6.45) is -0.597. The fourth-order valence-electron chi connectivity index (χ4n) is 2.39. The molecule has 1 N–H and O–H groups in total. The van der Waals surface area contributed by atoms with Crippen LogP contribution in [0.25, 0.3) is 0 Å². The van der Waals surface area contributed by atoms with Gasteiger partial charge in [0.05, 0.1) is 19.8 Å². The number of rotatable bonds is 18. The molecule has 0 bridgehead atoms. The van der Waals surface area contributed by atoms with Crippen LogP contribution in [0, 0.1) is 5.92 Å². The minimum atomic E-state index is -3.48. The number of carbonyl (C=O) groups excluding carboxylic acids is 1. The van der Waals surface area contributed by atoms with Gasteiger partial charge in [0, 0.05) is 35.0 Å². The summed E-state index contributed by atoms with van der Waals surface area (Å²) in [5.74, 6) is 0.269. The van der Waals surface area contributed by atoms with Crippen LogP contribution in [-0.2, 0) is 46.2 Å². The van der Waals surface area contributed by atoms with E-state index in [1.807, 2.05) is 13.8 Å². The van der Waals surface area contributed by atoms with Crippen molar-refractivity contribution in [3.8, 4) is 0 Å². The third-order valence-electron chi connectivity index (χ3n) is 4.61. The van der Waals surface area contributed by atoms with E-state index in [0.717, 1.165) is 6.42 Å². The molecule has 0 aliphatic heterocycles. The zero-order valence-corrected chi connectivity index (χ0v) is 23.7. The summed E-state index contributed by atoms with van der Waals surface area (Å²) in [5.41, 5.74) is -2.06. The van der Waals surface area contributed by atoms with Crippen LogP contribution >= 0.6 is 15.2 Å². The molecule has 0 aliphatic rings. The van der Waals surface area contributed by atoms with Crippen molar-refractivity contribution in [2.24, 2.45) is 5.92 Å². The first-order valence-corrected chi connectivity index (χ1v) is 14.3. The average molecular weight is 536 g/mol. The number of hydrogen-bond acceptors (Lipinski definition) is 11. The van der Waals surface area contributed by atoms with Gasteiger partial charge < -0.3 is 42.4 Å². The van der Waals surface area contributed by atoms with Crippen molar-refractivity contribution in [1.82, 2.24) is 5.32 Å². The van der Waals surface area contributed by atoms with E-state index in [-0.39, 0.29) is 38.4 Å². The smallest absolute Gasteiger partial charge is 0.408 e. The summed E-state index contributed by atoms with van der Waals surface area (Å²) in [7, 11) is -1.99. The zero-order chi connectivity index (χ0) is 26.5. The molecule has 34 heavy (non-hydrogen) atoms. The molecule has 14 heteroatoms. The minimum Gasteiger partial charge on any atom is -0.444 e. The number of amides is 1. The number of nitrogens with one attached hydrogen (secondary N) is 1. The van der Waals surface area contributed by atoms with Gasteiger partial charge in [-0.2, -0.15) is 0 Å². The Hall–Kier alpha value is -0.550. The molecule has 0 aromatic heterocycles. The van der Waals surface area contributed by atoms with Crippen LogP contribution < -0.4 is 5.32 Å². The monoisotopic (exact) mass is 535 g/mol. The molecule has 0 spiro atoms. The molecule has 0 radical (unpaired) electrons. The van der Waals surface area contributed by atoms with Crippen molar-refractivity contribution in [2.75, 3.05) is 67.6 Å². The molecule has 0 aromatic carbocycles. The van der Waals surface area contributed by atoms with Crippen molar-refractivity contribution in [3.63, 3.8) is 0 Å². The van der Waals surface area contributed by atoms with Crippen molar-refractivity contribution in [1.29, 1.82) is 0 Å². The van der Waals surface area contributed by atoms with Crippen LogP contribution in [0.3, 0.4) is 0 Å². The van der Waals surface area contributed by atoms with Gasteiger partial charge in [-0.1, -0.05) is 20.3 Å². The van der Waals surface area contributed by atoms with E-state index >= 15 is 0 Å². The number of ether oxygens (including phenoxy) is 4. The third-order valence-corrected chi connectivity index (χ3v) is 7.83. The molecule has 1 unspecified atom stereocenters. The largest absolute Gasteiger partial charge is 0.444 e. The maximum Gasteiger partial charge on any atom is 0.408 e. The van der Waals surface area contributed by atoms with E-state index in [9.17, 15) is 13.9 Å². The Morgan fingerprint density at radius 2 is 1.24 bits per heavy atom. The molecule has 12 nitrogen and oxygen atoms in total. The zero-order valence-electron chi connectivity index (χ0n) is 21.9. The standard InChI is InChI=1S/C20H43NO11P2/c1-10-17(2)11-29-12-20(21-18(22)32-19(3,4)5,13-30-15-33(23,25-6)26-7)14-31-16-34(24,27-8)28-9/h17H,10-16H2,1-9H3,(H,21,22). The molecule has 0 aliphatic carbocycles. The Morgan fingerprint density at radius 1 is 0.824 bits per heavy atom. The van der Waals surface area contributed by atoms with Gasteiger partial charge >= 0.3 is 21.3 Å². The second-order valence-electron chi connectivity index (χ2n) is 8.84. The van der Waals surface area contributed by atoms with Crippen molar-refractivity contribution in [3.05, 3.63) is 0 Å². The molecular formula is C20H43NO11P2. The van der Waals surface area contributed by atoms with Gasteiger partial charge in [-0.05, 0) is 26.7 Å². The summed E-state index contributed by atoms with van der Waals surface area (Å²) in [4.78, 5) is 12.7. The Bertz CT molecular complexity index is 636. The fourth-order valence-corrected chi connectivity index (χ4v) is 3.74. The molecule has 0 heterocycles. The Morgan fingerprint density at radius 3 is 1.59 bits per heavy atom. The lowest BCUT2D eigenvalue weighted by atomic mass is 10.0. The fraction of sp³-hybridized carbons (Fsp3) is 0.950. The first kappa shape index (κ1) is 33.4. The van der Waals surface area contributed by atoms with E-state index < -0.39 is 32.4 Å². The maximum atomic E-state index is 12.7. The van der Waals surface area contributed by atoms with Gasteiger partial charge in [-0.3, -0.25) is 9.13 Å². The molecule has 0 rings (SSSR count). The van der Waals surface area contributed by atoms with Gasteiger partial charge in [0.25, 0.3) is 0 Å². The number of carbonyl (C=O) groups is 1. The van der Waals surface area contributed by atoms with Crippen LogP contribution in [0.4, 0.5) is 4.79 Å². The van der Waals surface area contributed by atoms with Gasteiger partial charge in [0.2, 0.25) is 0 Å². The first-order chi connectivity index (χ1) is 15.7. The molecular weight excluding hydrogens is 492 g/mol. The quantitative estimate of drug-likeness (QED) is 0.252. The predicted molar refractivity (Wildman–Crippen MR) is 127 cm³/mol. The lowest BCUT2D eigenvalue weighted by Gasteiger charge is -2.35. The highest BCUT2D eigenvalue weighted by molar-refractivity contribution is 7.53. The highest BCUT2D eigenvalue weighted by atomic mass is 31.2. The highest BCUT2D eigenvalue weighted by Gasteiger charge is 2.38. The molecule has 0 aromatic rings. The van der Waals surface area contributed by atoms with E-state index in [0.29, 0.717) is 6.61 Å². The van der Waals surface area contributed by atoms with E-state index in [4.69, 9.17) is 37.0 Å². The van der Waals surface area contributed by atoms with Crippen LogP contribution in [0.5, 0.6) is 0 Å². The summed E-state index contributed by atoms with van der Waals surface area (Å²) in [5, 5.41) is 2.74. The summed E-state index contributed by atoms with van der Waals surface area (Å²) >= 11 is 0. The van der Waals surface area contributed by atoms with Crippen LogP contribution in [-0.4, -0.2) is 84.8 Å². The molecule has 0 fully saturated rings. The van der Waals surface area contributed by atoms with Gasteiger partial charge in [0.1, 0.15) is 23.8 Å². The molecule has 204 valence electrons. The summed E-state index contributed by atoms with van der Waals surface area (Å²) in [6, 6.07) is 0. The van der Waals surface area contributed by atoms with Gasteiger partial charge in [0.15, 0.2) is 0 Å². The Kier molecular flexibility index (Phi) is 15.3. The van der Waals surface area contributed by atoms with E-state index in [1.54, 1.807) is 20.8 Å². The second-order valence-corrected chi connectivity index (χ2v) is 13.3. The van der Waals surface area contributed by atoms with Crippen molar-refractivity contribution < 1.29 is 51.0 Å². The lowest BCUT2D eigenvalue weighted by molar-refractivity contribution is -0.0401. The van der Waals surface area contributed by atoms with Crippen LogP contribution in [0.1, 0.15) is 41.0 Å². The van der Waals surface area contributed by atoms with Crippen LogP contribution in [0.15, 0.2) is 0 Å². The minimum absolute atomic E-state index is 0.0366. The normalized spacial score (nSPS) is 14.1. The van der Waals surface area contributed by atoms with Crippen molar-refractivity contribution >= 4 is 21.3 Å². The highest BCUT2D eigenvalue weighted by Crippen LogP contribution is 2.47. The molecule has 0 saturated carbocycles. The SMILES string of the molecule is CCC(C)COCC(COCP(=O)(OC)OC)(COCP(=O)(OC)OC)NC(=O)OC(C)(C)C. The van der Waals surface area contributed by atoms with E-state index in [2.05, 4.69) is 5.32 Å². The van der Waals surface area contributed by atoms with Crippen LogP contribution in [0.2, 0.25) is 0 Å². The topological polar surface area (TPSA) is 137 Å². The summed E-state index contributed by atoms with van der Waals surface area (Å²) < 4.78 is 66.9. The Labute approximate surface area is 203 Å². The third kappa shape index (κ3) is 13.5.